The number of nitrogens with zero attached hydrogens (tertiary/aromatic N) is 5. The van der Waals surface area contributed by atoms with Gasteiger partial charge in [0, 0.05) is 12.6 Å². The summed E-state index contributed by atoms with van der Waals surface area (Å²) in [5.74, 6) is -3.10. The average Bonchev–Trinajstić information content (AvgIpc) is 3.62. The van der Waals surface area contributed by atoms with E-state index >= 15 is 0 Å². The fraction of sp³-hybridized carbons (Fsp3) is 0.226. The summed E-state index contributed by atoms with van der Waals surface area (Å²) >= 11 is 12.1. The fourth-order valence-corrected chi connectivity index (χ4v) is 5.99. The molecular weight excluding hydrogens is 624 g/mol. The molecule has 0 bridgehead atoms. The van der Waals surface area contributed by atoms with E-state index in [0.29, 0.717) is 29.7 Å². The molecule has 1 aliphatic carbocycles. The minimum absolute atomic E-state index is 0.00561. The highest BCUT2D eigenvalue weighted by molar-refractivity contribution is 6.35. The monoisotopic (exact) mass is 647 g/mol. The van der Waals surface area contributed by atoms with Crippen LogP contribution in [0.15, 0.2) is 67.0 Å². The summed E-state index contributed by atoms with van der Waals surface area (Å²) in [6.07, 6.45) is 2.17. The zero-order valence-corrected chi connectivity index (χ0v) is 25.1. The molecule has 0 unspecified atom stereocenters. The number of aromatic nitrogens is 3. The molecule has 2 aromatic heterocycles. The number of anilines is 2. The van der Waals surface area contributed by atoms with Crippen molar-refractivity contribution in [1.82, 2.24) is 25.2 Å². The van der Waals surface area contributed by atoms with E-state index in [-0.39, 0.29) is 33.8 Å². The zero-order chi connectivity index (χ0) is 32.1. The van der Waals surface area contributed by atoms with E-state index < -0.39 is 40.8 Å². The molecule has 2 aromatic carbocycles. The van der Waals surface area contributed by atoms with Gasteiger partial charge in [-0.15, -0.1) is 0 Å². The Hall–Kier alpha value is -4.83. The molecule has 2 atom stereocenters. The highest BCUT2D eigenvalue weighted by Gasteiger charge is 2.52. The van der Waals surface area contributed by atoms with Gasteiger partial charge in [-0.25, -0.2) is 14.3 Å². The van der Waals surface area contributed by atoms with Gasteiger partial charge in [-0.2, -0.15) is 5.26 Å². The van der Waals surface area contributed by atoms with Crippen molar-refractivity contribution in [2.24, 2.45) is 0 Å². The molecule has 45 heavy (non-hydrogen) atoms. The van der Waals surface area contributed by atoms with E-state index in [1.807, 2.05) is 6.07 Å². The highest BCUT2D eigenvalue weighted by Crippen LogP contribution is 2.45. The maximum Gasteiger partial charge on any atom is 0.272 e. The molecule has 1 saturated carbocycles. The second-order valence-corrected chi connectivity index (χ2v) is 11.9. The smallest absolute Gasteiger partial charge is 0.272 e. The van der Waals surface area contributed by atoms with Gasteiger partial charge in [0.05, 0.1) is 44.8 Å². The molecule has 2 aliphatic rings. The van der Waals surface area contributed by atoms with Crippen LogP contribution in [0.4, 0.5) is 16.0 Å². The molecule has 1 aliphatic heterocycles. The summed E-state index contributed by atoms with van der Waals surface area (Å²) in [5.41, 5.74) is -0.501. The first-order chi connectivity index (χ1) is 21.5. The van der Waals surface area contributed by atoms with E-state index in [0.717, 1.165) is 0 Å². The standard InChI is InChI=1S/C31H24Cl2FN7O4/c1-30(14-17-5-7-18(15-35)8-6-17)28(45)40(19-12-20(32)24(34)21(33)13-19)29-37-16-22(41(29)30)25(42)38-26(43)27(44)39-31(9-10-31)23-4-2-3-11-36-23/h2-8,11-13,16,26,43H,9-10,14H2,1H3,(H,38,42)(H,39,44)/t26-,30+/m0/s1. The first-order valence-corrected chi connectivity index (χ1v) is 14.5. The van der Waals surface area contributed by atoms with Gasteiger partial charge in [-0.1, -0.05) is 41.4 Å². The predicted octanol–water partition coefficient (Wildman–Crippen LogP) is 4.09. The number of nitriles is 1. The molecule has 14 heteroatoms. The Labute approximate surface area is 266 Å². The predicted molar refractivity (Wildman–Crippen MR) is 161 cm³/mol. The number of hydrogen-bond acceptors (Lipinski definition) is 7. The van der Waals surface area contributed by atoms with Gasteiger partial charge in [-0.3, -0.25) is 23.9 Å². The molecule has 228 valence electrons. The van der Waals surface area contributed by atoms with E-state index in [9.17, 15) is 29.1 Å². The number of aliphatic hydroxyl groups is 1. The summed E-state index contributed by atoms with van der Waals surface area (Å²) in [6, 6.07) is 16.4. The van der Waals surface area contributed by atoms with Crippen LogP contribution in [0, 0.1) is 17.1 Å². The molecule has 3 N–H and O–H groups in total. The van der Waals surface area contributed by atoms with Crippen LogP contribution in [0.1, 0.15) is 47.1 Å². The van der Waals surface area contributed by atoms with Crippen LogP contribution in [-0.2, 0) is 27.1 Å². The third kappa shape index (κ3) is 5.29. The van der Waals surface area contributed by atoms with E-state index in [4.69, 9.17) is 23.2 Å². The molecule has 6 rings (SSSR count). The van der Waals surface area contributed by atoms with E-state index in [1.165, 1.54) is 27.8 Å². The Morgan fingerprint density at radius 3 is 2.42 bits per heavy atom. The largest absolute Gasteiger partial charge is 0.365 e. The second-order valence-electron chi connectivity index (χ2n) is 11.1. The Balaban J connectivity index is 1.33. The van der Waals surface area contributed by atoms with Gasteiger partial charge in [0.2, 0.25) is 12.2 Å². The lowest BCUT2D eigenvalue weighted by atomic mass is 9.91. The Morgan fingerprint density at radius 1 is 1.13 bits per heavy atom. The SMILES string of the molecule is C[C@@]1(Cc2ccc(C#N)cc2)C(=O)N(c2cc(Cl)c(F)c(Cl)c2)c2ncc(C(=O)N[C@@H](O)C(=O)NC3(c4ccccn4)CC3)n21. The number of halogens is 3. The highest BCUT2D eigenvalue weighted by atomic mass is 35.5. The number of hydrogen-bond donors (Lipinski definition) is 3. The van der Waals surface area contributed by atoms with Gasteiger partial charge < -0.3 is 15.7 Å². The first kappa shape index (κ1) is 30.2. The van der Waals surface area contributed by atoms with Gasteiger partial charge in [0.15, 0.2) is 5.82 Å². The number of carbonyl (C=O) groups is 3. The van der Waals surface area contributed by atoms with Gasteiger partial charge in [0.1, 0.15) is 11.2 Å². The number of rotatable bonds is 8. The van der Waals surface area contributed by atoms with Crippen molar-refractivity contribution < 1.29 is 23.9 Å². The summed E-state index contributed by atoms with van der Waals surface area (Å²) in [5, 5.41) is 24.3. The molecule has 11 nitrogen and oxygen atoms in total. The summed E-state index contributed by atoms with van der Waals surface area (Å²) in [4.78, 5) is 50.5. The van der Waals surface area contributed by atoms with E-state index in [2.05, 4.69) is 20.6 Å². The van der Waals surface area contributed by atoms with E-state index in [1.54, 1.807) is 55.6 Å². The minimum atomic E-state index is -1.93. The fourth-order valence-electron chi connectivity index (χ4n) is 5.51. The van der Waals surface area contributed by atoms with Crippen LogP contribution in [0.2, 0.25) is 10.0 Å². The van der Waals surface area contributed by atoms with Crippen molar-refractivity contribution in [3.05, 3.63) is 105 Å². The maximum absolute atomic E-state index is 14.3. The lowest BCUT2D eigenvalue weighted by Crippen LogP contribution is -2.50. The Bertz CT molecular complexity index is 1870. The molecule has 4 aromatic rings. The topological polar surface area (TPSA) is 153 Å². The number of imidazole rings is 1. The normalized spacial score (nSPS) is 18.6. The van der Waals surface area contributed by atoms with Crippen LogP contribution in [0.5, 0.6) is 0 Å². The molecule has 3 amide bonds. The van der Waals surface area contributed by atoms with Gasteiger partial charge in [0.25, 0.3) is 17.7 Å². The quantitative estimate of drug-likeness (QED) is 0.192. The Kier molecular flexibility index (Phi) is 7.56. The van der Waals surface area contributed by atoms with Crippen LogP contribution in [-0.4, -0.2) is 43.6 Å². The lowest BCUT2D eigenvalue weighted by Gasteiger charge is -2.27. The molecular formula is C31H24Cl2FN7O4. The third-order valence-electron chi connectivity index (χ3n) is 7.98. The minimum Gasteiger partial charge on any atom is -0.365 e. The van der Waals surface area contributed by atoms with Crippen molar-refractivity contribution in [3.63, 3.8) is 0 Å². The average molecular weight is 648 g/mol. The van der Waals surface area contributed by atoms with Gasteiger partial charge >= 0.3 is 0 Å². The van der Waals surface area contributed by atoms with Crippen molar-refractivity contribution in [2.75, 3.05) is 4.90 Å². The van der Waals surface area contributed by atoms with Crippen molar-refractivity contribution >= 4 is 52.6 Å². The summed E-state index contributed by atoms with van der Waals surface area (Å²) in [7, 11) is 0. The summed E-state index contributed by atoms with van der Waals surface area (Å²) < 4.78 is 15.7. The third-order valence-corrected chi connectivity index (χ3v) is 8.53. The molecule has 0 spiro atoms. The first-order valence-electron chi connectivity index (χ1n) is 13.8. The van der Waals surface area contributed by atoms with Crippen molar-refractivity contribution in [2.45, 2.75) is 43.5 Å². The Morgan fingerprint density at radius 2 is 1.82 bits per heavy atom. The maximum atomic E-state index is 14.3. The van der Waals surface area contributed by atoms with Crippen LogP contribution in [0.3, 0.4) is 0 Å². The lowest BCUT2D eigenvalue weighted by molar-refractivity contribution is -0.131. The molecule has 0 radical (unpaired) electrons. The van der Waals surface area contributed by atoms with Crippen molar-refractivity contribution in [1.29, 1.82) is 5.26 Å². The summed E-state index contributed by atoms with van der Waals surface area (Å²) in [6.45, 7) is 1.59. The zero-order valence-electron chi connectivity index (χ0n) is 23.6. The second kappa shape index (κ2) is 11.3. The van der Waals surface area contributed by atoms with Crippen LogP contribution in [0.25, 0.3) is 0 Å². The van der Waals surface area contributed by atoms with Crippen LogP contribution >= 0.6 is 23.2 Å². The number of aliphatic hydroxyl groups excluding tert-OH is 1. The van der Waals surface area contributed by atoms with Gasteiger partial charge in [-0.05, 0) is 61.7 Å². The molecule has 1 fully saturated rings. The number of carbonyl (C=O) groups excluding carboxylic acids is 3. The number of pyridine rings is 1. The molecule has 3 heterocycles. The molecule has 0 saturated heterocycles. The number of amides is 3. The number of fused-ring (bicyclic) bond motifs is 1. The van der Waals surface area contributed by atoms with Crippen molar-refractivity contribution in [3.8, 4) is 6.07 Å². The number of nitrogens with one attached hydrogen (secondary N) is 2. The number of benzene rings is 2. The van der Waals surface area contributed by atoms with Crippen LogP contribution < -0.4 is 15.5 Å².